The fourth-order valence-electron chi connectivity index (χ4n) is 11.1. The van der Waals surface area contributed by atoms with Crippen molar-refractivity contribution >= 4 is 17.9 Å². The van der Waals surface area contributed by atoms with Gasteiger partial charge in [0.25, 0.3) is 6.29 Å². The van der Waals surface area contributed by atoms with Crippen LogP contribution < -0.4 is 0 Å². The van der Waals surface area contributed by atoms with Gasteiger partial charge < -0.3 is 28.5 Å². The Morgan fingerprint density at radius 1 is 0.349 bits per heavy atom. The van der Waals surface area contributed by atoms with Crippen LogP contribution in [-0.4, -0.2) is 87.4 Å². The fourth-order valence-corrected chi connectivity index (χ4v) is 11.1. The van der Waals surface area contributed by atoms with E-state index in [1.54, 1.807) is 0 Å². The van der Waals surface area contributed by atoms with Crippen molar-refractivity contribution in [2.24, 2.45) is 0 Å². The molecule has 0 amide bonds. The van der Waals surface area contributed by atoms with Gasteiger partial charge in [-0.1, -0.05) is 321 Å². The van der Waals surface area contributed by atoms with Crippen molar-refractivity contribution in [3.05, 3.63) is 24.3 Å². The molecule has 0 saturated heterocycles. The Kier molecular flexibility index (Phi) is 64.0. The zero-order valence-corrected chi connectivity index (χ0v) is 56.1. The second kappa shape index (κ2) is 65.7. The van der Waals surface area contributed by atoms with Crippen LogP contribution in [0.1, 0.15) is 373 Å². The molecular weight excluding hydrogens is 1030 g/mol. The summed E-state index contributed by atoms with van der Waals surface area (Å²) in [6, 6.07) is 0. The van der Waals surface area contributed by atoms with Gasteiger partial charge in [0.1, 0.15) is 13.2 Å². The lowest BCUT2D eigenvalue weighted by atomic mass is 10.0. The molecule has 0 bridgehead atoms. The van der Waals surface area contributed by atoms with Crippen molar-refractivity contribution in [2.75, 3.05) is 47.5 Å². The third-order valence-corrected chi connectivity index (χ3v) is 16.7. The maximum absolute atomic E-state index is 13.0. The number of likely N-dealkylation sites (N-methyl/N-ethyl adjacent to an activating group) is 1. The van der Waals surface area contributed by atoms with E-state index in [-0.39, 0.29) is 38.2 Å². The molecule has 490 valence electrons. The Morgan fingerprint density at radius 2 is 0.614 bits per heavy atom. The maximum Gasteiger partial charge on any atom is 0.361 e. The molecule has 2 atom stereocenters. The Hall–Kier alpha value is -2.23. The summed E-state index contributed by atoms with van der Waals surface area (Å²) in [5.74, 6) is -1.97. The van der Waals surface area contributed by atoms with E-state index in [9.17, 15) is 19.5 Å². The monoisotopic (exact) mass is 1170 g/mol. The number of nitrogens with zero attached hydrogens (tertiary/aromatic N) is 1. The van der Waals surface area contributed by atoms with E-state index in [1.807, 2.05) is 21.1 Å². The molecule has 0 heterocycles. The molecule has 0 aliphatic heterocycles. The number of ether oxygens (including phenoxy) is 4. The molecule has 0 saturated carbocycles. The van der Waals surface area contributed by atoms with Gasteiger partial charge in [0.2, 0.25) is 0 Å². The summed E-state index contributed by atoms with van der Waals surface area (Å²) in [6.45, 7) is 4.95. The van der Waals surface area contributed by atoms with E-state index >= 15 is 0 Å². The Balaban J connectivity index is 4.03. The molecule has 1 N–H and O–H groups in total. The smallest absolute Gasteiger partial charge is 0.361 e. The molecule has 0 fully saturated rings. The lowest BCUT2D eigenvalue weighted by Gasteiger charge is -2.25. The molecule has 2 unspecified atom stereocenters. The SMILES string of the molecule is CCCCCCCCCC/C=C\CCCCCCCCCCCCCCCCCCCCCCCC(=O)OC(COC(=O)CCCCCCCCCCCCCCC/C=C\CCCCCCCCCC)COC(OCC[N+](C)(C)C)C(=O)O. The number of carbonyl (C=O) groups is 3. The highest BCUT2D eigenvalue weighted by Gasteiger charge is 2.25. The number of allylic oxidation sites excluding steroid dienone is 4. The van der Waals surface area contributed by atoms with E-state index in [4.69, 9.17) is 18.9 Å². The number of carbonyl (C=O) groups excluding carboxylic acids is 2. The molecule has 0 rings (SSSR count). The lowest BCUT2D eigenvalue weighted by molar-refractivity contribution is -0.870. The predicted octanol–water partition coefficient (Wildman–Crippen LogP) is 22.6. The average Bonchev–Trinajstić information content (AvgIpc) is 3.46. The van der Waals surface area contributed by atoms with Crippen LogP contribution in [0.2, 0.25) is 0 Å². The van der Waals surface area contributed by atoms with Crippen LogP contribution in [0.5, 0.6) is 0 Å². The van der Waals surface area contributed by atoms with E-state index in [0.717, 1.165) is 38.5 Å². The van der Waals surface area contributed by atoms with Crippen molar-refractivity contribution in [3.63, 3.8) is 0 Å². The predicted molar refractivity (Wildman–Crippen MR) is 355 cm³/mol. The van der Waals surface area contributed by atoms with Crippen LogP contribution in [-0.2, 0) is 33.3 Å². The second-order valence-electron chi connectivity index (χ2n) is 26.3. The topological polar surface area (TPSA) is 108 Å². The van der Waals surface area contributed by atoms with Gasteiger partial charge in [-0.25, -0.2) is 4.79 Å². The summed E-state index contributed by atoms with van der Waals surface area (Å²) in [6.07, 6.45) is 78.8. The molecule has 0 aromatic carbocycles. The van der Waals surface area contributed by atoms with Gasteiger partial charge in [0.15, 0.2) is 6.10 Å². The van der Waals surface area contributed by atoms with Crippen LogP contribution in [0, 0.1) is 0 Å². The van der Waals surface area contributed by atoms with Crippen molar-refractivity contribution in [3.8, 4) is 0 Å². The number of unbranched alkanes of at least 4 members (excludes halogenated alkanes) is 50. The van der Waals surface area contributed by atoms with Crippen LogP contribution >= 0.6 is 0 Å². The molecule has 0 aliphatic rings. The van der Waals surface area contributed by atoms with Gasteiger partial charge in [-0.2, -0.15) is 0 Å². The second-order valence-corrected chi connectivity index (χ2v) is 26.3. The van der Waals surface area contributed by atoms with E-state index in [2.05, 4.69) is 38.2 Å². The molecule has 9 nitrogen and oxygen atoms in total. The van der Waals surface area contributed by atoms with Gasteiger partial charge >= 0.3 is 17.9 Å². The standard InChI is InChI=1S/C74H141NO8/c1-6-8-10-12-14-16-18-20-22-24-26-28-30-32-33-34-35-36-37-38-39-41-43-45-47-49-51-53-55-57-59-61-63-65-72(77)83-70(69-82-74(73(78)79)80-67-66-75(3,4)5)68-81-71(76)64-62-60-58-56-54-52-50-48-46-44-42-40-31-29-27-25-23-21-19-17-15-13-11-9-7-2/h24-27,70,74H,6-23,28-69H2,1-5H3/p+1/b26-24-,27-25-. The third-order valence-electron chi connectivity index (χ3n) is 16.7. The minimum absolute atomic E-state index is 0.176. The first-order valence-electron chi connectivity index (χ1n) is 36.5. The zero-order chi connectivity index (χ0) is 60.5. The largest absolute Gasteiger partial charge is 0.477 e. The molecule has 0 aromatic heterocycles. The van der Waals surface area contributed by atoms with Crippen LogP contribution in [0.3, 0.4) is 0 Å². The fraction of sp³-hybridized carbons (Fsp3) is 0.905. The number of rotatable bonds is 69. The summed E-state index contributed by atoms with van der Waals surface area (Å²) in [5.41, 5.74) is 0. The maximum atomic E-state index is 13.0. The Bertz CT molecular complexity index is 1410. The molecule has 0 spiro atoms. The van der Waals surface area contributed by atoms with Gasteiger partial charge in [-0.15, -0.1) is 0 Å². The summed E-state index contributed by atoms with van der Waals surface area (Å²) in [5, 5.41) is 9.75. The number of carboxylic acid groups (broad SMARTS) is 1. The molecule has 0 aliphatic carbocycles. The Labute approximate surface area is 516 Å². The number of hydrogen-bond donors (Lipinski definition) is 1. The third kappa shape index (κ3) is 67.1. The summed E-state index contributed by atoms with van der Waals surface area (Å²) in [4.78, 5) is 37.6. The number of esters is 2. The number of carboxylic acids is 1. The average molecular weight is 1170 g/mol. The summed E-state index contributed by atoms with van der Waals surface area (Å²) < 4.78 is 23.0. The van der Waals surface area contributed by atoms with Gasteiger partial charge in [0, 0.05) is 12.8 Å². The first-order valence-corrected chi connectivity index (χ1v) is 36.5. The number of quaternary nitrogens is 1. The minimum Gasteiger partial charge on any atom is -0.477 e. The highest BCUT2D eigenvalue weighted by atomic mass is 16.7. The van der Waals surface area contributed by atoms with E-state index < -0.39 is 18.4 Å². The highest BCUT2D eigenvalue weighted by molar-refractivity contribution is 5.71. The highest BCUT2D eigenvalue weighted by Crippen LogP contribution is 2.19. The summed E-state index contributed by atoms with van der Waals surface area (Å²) >= 11 is 0. The van der Waals surface area contributed by atoms with Gasteiger partial charge in [-0.3, -0.25) is 9.59 Å². The first-order chi connectivity index (χ1) is 40.6. The quantitative estimate of drug-likeness (QED) is 0.0211. The van der Waals surface area contributed by atoms with Crippen molar-refractivity contribution in [1.82, 2.24) is 0 Å². The number of hydrogen-bond acceptors (Lipinski definition) is 7. The van der Waals surface area contributed by atoms with Gasteiger partial charge in [0.05, 0.1) is 34.4 Å². The van der Waals surface area contributed by atoms with Crippen molar-refractivity contribution in [2.45, 2.75) is 386 Å². The van der Waals surface area contributed by atoms with Gasteiger partial charge in [-0.05, 0) is 64.2 Å². The van der Waals surface area contributed by atoms with E-state index in [1.165, 1.54) is 308 Å². The minimum atomic E-state index is -1.51. The zero-order valence-electron chi connectivity index (χ0n) is 56.1. The lowest BCUT2D eigenvalue weighted by Crippen LogP contribution is -2.40. The Morgan fingerprint density at radius 3 is 0.892 bits per heavy atom. The van der Waals surface area contributed by atoms with Crippen LogP contribution in [0.4, 0.5) is 0 Å². The molecule has 0 radical (unpaired) electrons. The molecular formula is C74H142NO8+. The van der Waals surface area contributed by atoms with Crippen LogP contribution in [0.15, 0.2) is 24.3 Å². The molecule has 9 heteroatoms. The van der Waals surface area contributed by atoms with Crippen molar-refractivity contribution in [1.29, 1.82) is 0 Å². The van der Waals surface area contributed by atoms with E-state index in [0.29, 0.717) is 17.4 Å². The normalized spacial score (nSPS) is 12.7. The molecule has 0 aromatic rings. The first kappa shape index (κ1) is 80.8. The molecule has 83 heavy (non-hydrogen) atoms. The number of aliphatic carboxylic acids is 1. The van der Waals surface area contributed by atoms with Crippen molar-refractivity contribution < 1.29 is 42.9 Å². The summed E-state index contributed by atoms with van der Waals surface area (Å²) in [7, 11) is 5.99. The van der Waals surface area contributed by atoms with Crippen LogP contribution in [0.25, 0.3) is 0 Å².